The van der Waals surface area contributed by atoms with Crippen molar-refractivity contribution in [3.05, 3.63) is 83.7 Å². The third kappa shape index (κ3) is 6.02. The van der Waals surface area contributed by atoms with Gasteiger partial charge in [0, 0.05) is 31.4 Å². The average Bonchev–Trinajstić information content (AvgIpc) is 3.39. The zero-order valence-electron chi connectivity index (χ0n) is 21.4. The van der Waals surface area contributed by atoms with E-state index in [1.54, 1.807) is 0 Å². The second-order valence-corrected chi connectivity index (χ2v) is 10.1. The molecule has 2 N–H and O–H groups in total. The number of aromatic nitrogens is 1. The highest BCUT2D eigenvalue weighted by Gasteiger charge is 2.25. The maximum atomic E-state index is 13.9. The van der Waals surface area contributed by atoms with Gasteiger partial charge in [-0.3, -0.25) is 9.78 Å². The molecule has 0 bridgehead atoms. The Balaban J connectivity index is 1.66. The Morgan fingerprint density at radius 1 is 0.914 bits per heavy atom. The van der Waals surface area contributed by atoms with E-state index in [1.807, 2.05) is 30.6 Å². The molecule has 0 spiro atoms. The minimum Gasteiger partial charge on any atom is -0.370 e. The number of pyridine rings is 1. The first-order chi connectivity index (χ1) is 16.9. The van der Waals surface area contributed by atoms with Gasteiger partial charge in [0.2, 0.25) is 5.91 Å². The smallest absolute Gasteiger partial charge is 0.247 e. The van der Waals surface area contributed by atoms with Gasteiger partial charge in [-0.1, -0.05) is 76.2 Å². The Bertz CT molecular complexity index is 1090. The summed E-state index contributed by atoms with van der Waals surface area (Å²) < 4.78 is 0. The van der Waals surface area contributed by atoms with Gasteiger partial charge in [0.1, 0.15) is 6.04 Å². The molecular weight excluding hydrogens is 432 g/mol. The molecule has 1 atom stereocenters. The lowest BCUT2D eigenvalue weighted by Gasteiger charge is -2.27. The van der Waals surface area contributed by atoms with E-state index < -0.39 is 6.04 Å². The Labute approximate surface area is 210 Å². The van der Waals surface area contributed by atoms with Crippen LogP contribution in [0.25, 0.3) is 0 Å². The second kappa shape index (κ2) is 11.4. The van der Waals surface area contributed by atoms with E-state index in [9.17, 15) is 4.79 Å². The number of para-hydroxylation sites is 1. The van der Waals surface area contributed by atoms with Crippen molar-refractivity contribution in [3.8, 4) is 0 Å². The van der Waals surface area contributed by atoms with Crippen LogP contribution < -0.4 is 15.5 Å². The molecule has 0 radical (unpaired) electrons. The van der Waals surface area contributed by atoms with Gasteiger partial charge in [-0.05, 0) is 47.4 Å². The number of hydrogen-bond acceptors (Lipinski definition) is 4. The van der Waals surface area contributed by atoms with Crippen molar-refractivity contribution in [1.82, 2.24) is 4.98 Å². The summed E-state index contributed by atoms with van der Waals surface area (Å²) in [6.45, 7) is 10.8. The molecule has 5 nitrogen and oxygen atoms in total. The van der Waals surface area contributed by atoms with Gasteiger partial charge in [-0.25, -0.2) is 0 Å². The third-order valence-corrected chi connectivity index (χ3v) is 6.79. The topological polar surface area (TPSA) is 57.3 Å². The maximum Gasteiger partial charge on any atom is 0.247 e. The standard InChI is InChI=1S/C30H38N4O/c1-21(2)24-13-10-14-25(22(3)4)29(24)33-30(35)26(19-23-11-6-5-7-12-23)32-27-20-31-16-15-28(27)34-17-8-9-18-34/h5-7,10-16,20-22,26,32H,8-9,17-19H2,1-4H3,(H,33,35). The molecule has 2 heterocycles. The molecule has 1 aliphatic heterocycles. The molecule has 1 fully saturated rings. The number of amides is 1. The van der Waals surface area contributed by atoms with Crippen LogP contribution in [0.2, 0.25) is 0 Å². The lowest BCUT2D eigenvalue weighted by molar-refractivity contribution is -0.116. The number of benzene rings is 2. The number of carbonyl (C=O) groups excluding carboxylic acids is 1. The summed E-state index contributed by atoms with van der Waals surface area (Å²) in [5, 5.41) is 6.91. The summed E-state index contributed by atoms with van der Waals surface area (Å²) in [5.41, 5.74) is 6.44. The summed E-state index contributed by atoms with van der Waals surface area (Å²) in [5.74, 6) is 0.592. The number of nitrogens with one attached hydrogen (secondary N) is 2. The van der Waals surface area contributed by atoms with Gasteiger partial charge < -0.3 is 15.5 Å². The van der Waals surface area contributed by atoms with E-state index in [0.29, 0.717) is 18.3 Å². The van der Waals surface area contributed by atoms with Crippen LogP contribution in [0.15, 0.2) is 67.0 Å². The molecule has 1 aromatic heterocycles. The minimum absolute atomic E-state index is 0.0277. The monoisotopic (exact) mass is 470 g/mol. The predicted molar refractivity (Wildman–Crippen MR) is 146 cm³/mol. The molecule has 0 saturated carbocycles. The molecule has 2 aromatic carbocycles. The fraction of sp³-hybridized carbons (Fsp3) is 0.400. The zero-order valence-corrected chi connectivity index (χ0v) is 21.4. The lowest BCUT2D eigenvalue weighted by Crippen LogP contribution is -2.37. The molecule has 184 valence electrons. The summed E-state index contributed by atoms with van der Waals surface area (Å²) in [4.78, 5) is 20.7. The summed E-state index contributed by atoms with van der Waals surface area (Å²) in [6.07, 6.45) is 6.65. The van der Waals surface area contributed by atoms with E-state index in [0.717, 1.165) is 35.7 Å². The van der Waals surface area contributed by atoms with E-state index in [-0.39, 0.29) is 5.91 Å². The Kier molecular flexibility index (Phi) is 8.06. The van der Waals surface area contributed by atoms with Gasteiger partial charge >= 0.3 is 0 Å². The van der Waals surface area contributed by atoms with Crippen LogP contribution in [-0.2, 0) is 11.2 Å². The number of nitrogens with zero attached hydrogens (tertiary/aromatic N) is 2. The van der Waals surface area contributed by atoms with Gasteiger partial charge in [-0.2, -0.15) is 0 Å². The second-order valence-electron chi connectivity index (χ2n) is 10.1. The van der Waals surface area contributed by atoms with Crippen molar-refractivity contribution in [2.75, 3.05) is 28.6 Å². The van der Waals surface area contributed by atoms with E-state index in [2.05, 4.69) is 84.6 Å². The molecule has 1 aliphatic rings. The van der Waals surface area contributed by atoms with Crippen LogP contribution in [-0.4, -0.2) is 30.0 Å². The lowest BCUT2D eigenvalue weighted by atomic mass is 9.92. The van der Waals surface area contributed by atoms with E-state index in [1.165, 1.54) is 24.0 Å². The number of carbonyl (C=O) groups is 1. The minimum atomic E-state index is -0.441. The average molecular weight is 471 g/mol. The van der Waals surface area contributed by atoms with Crippen LogP contribution in [0.4, 0.5) is 17.1 Å². The molecule has 1 saturated heterocycles. The molecule has 4 rings (SSSR count). The fourth-order valence-electron chi connectivity index (χ4n) is 4.88. The Hall–Kier alpha value is -3.34. The highest BCUT2D eigenvalue weighted by Crippen LogP contribution is 2.33. The van der Waals surface area contributed by atoms with Gasteiger partial charge in [0.15, 0.2) is 0 Å². The number of rotatable bonds is 9. The highest BCUT2D eigenvalue weighted by molar-refractivity contribution is 5.98. The number of hydrogen-bond donors (Lipinski definition) is 2. The maximum absolute atomic E-state index is 13.9. The van der Waals surface area contributed by atoms with Gasteiger partial charge in [-0.15, -0.1) is 0 Å². The molecule has 1 amide bonds. The first-order valence-electron chi connectivity index (χ1n) is 12.9. The van der Waals surface area contributed by atoms with Crippen molar-refractivity contribution in [2.24, 2.45) is 0 Å². The predicted octanol–water partition coefficient (Wildman–Crippen LogP) is 6.59. The van der Waals surface area contributed by atoms with Crippen LogP contribution in [0.5, 0.6) is 0 Å². The van der Waals surface area contributed by atoms with Crippen LogP contribution in [0, 0.1) is 0 Å². The van der Waals surface area contributed by atoms with E-state index in [4.69, 9.17) is 0 Å². The third-order valence-electron chi connectivity index (χ3n) is 6.79. The van der Waals surface area contributed by atoms with Crippen molar-refractivity contribution in [2.45, 2.75) is 64.8 Å². The highest BCUT2D eigenvalue weighted by atomic mass is 16.2. The normalized spacial score (nSPS) is 14.4. The molecule has 5 heteroatoms. The first-order valence-corrected chi connectivity index (χ1v) is 12.9. The van der Waals surface area contributed by atoms with Gasteiger partial charge in [0.05, 0.1) is 17.6 Å². The molecule has 35 heavy (non-hydrogen) atoms. The Morgan fingerprint density at radius 2 is 1.57 bits per heavy atom. The zero-order chi connectivity index (χ0) is 24.8. The van der Waals surface area contributed by atoms with E-state index >= 15 is 0 Å². The van der Waals surface area contributed by atoms with Crippen LogP contribution in [0.1, 0.15) is 69.1 Å². The Morgan fingerprint density at radius 3 is 2.20 bits per heavy atom. The molecule has 1 unspecified atom stereocenters. The van der Waals surface area contributed by atoms with Gasteiger partial charge in [0.25, 0.3) is 0 Å². The van der Waals surface area contributed by atoms with Crippen molar-refractivity contribution >= 4 is 23.0 Å². The van der Waals surface area contributed by atoms with Crippen molar-refractivity contribution in [1.29, 1.82) is 0 Å². The van der Waals surface area contributed by atoms with Crippen molar-refractivity contribution < 1.29 is 4.79 Å². The first kappa shape index (κ1) is 24.8. The largest absolute Gasteiger partial charge is 0.370 e. The van der Waals surface area contributed by atoms with Crippen LogP contribution >= 0.6 is 0 Å². The molecular formula is C30H38N4O. The summed E-state index contributed by atoms with van der Waals surface area (Å²) in [6, 6.07) is 18.2. The summed E-state index contributed by atoms with van der Waals surface area (Å²) in [7, 11) is 0. The number of anilines is 3. The molecule has 3 aromatic rings. The summed E-state index contributed by atoms with van der Waals surface area (Å²) >= 11 is 0. The molecule has 0 aliphatic carbocycles. The van der Waals surface area contributed by atoms with Crippen molar-refractivity contribution in [3.63, 3.8) is 0 Å². The van der Waals surface area contributed by atoms with Crippen LogP contribution in [0.3, 0.4) is 0 Å². The quantitative estimate of drug-likeness (QED) is 0.370. The fourth-order valence-corrected chi connectivity index (χ4v) is 4.88. The SMILES string of the molecule is CC(C)c1cccc(C(C)C)c1NC(=O)C(Cc1ccccc1)Nc1cnccc1N1CCCC1.